The summed E-state index contributed by atoms with van der Waals surface area (Å²) >= 11 is 9.92. The SMILES string of the molecule is CC(=O)Cc1cc(S)cc(CCl)c1. The summed E-state index contributed by atoms with van der Waals surface area (Å²) in [5.74, 6) is 0.610. The number of halogens is 1. The second-order valence-electron chi connectivity index (χ2n) is 3.02. The van der Waals surface area contributed by atoms with Crippen LogP contribution < -0.4 is 0 Å². The van der Waals surface area contributed by atoms with Crippen LogP contribution >= 0.6 is 24.2 Å². The summed E-state index contributed by atoms with van der Waals surface area (Å²) in [4.78, 5) is 11.7. The topological polar surface area (TPSA) is 17.1 Å². The Morgan fingerprint density at radius 1 is 1.38 bits per heavy atom. The fourth-order valence-corrected chi connectivity index (χ4v) is 1.70. The molecule has 0 radical (unpaired) electrons. The van der Waals surface area contributed by atoms with Gasteiger partial charge in [-0.2, -0.15) is 0 Å². The van der Waals surface area contributed by atoms with Crippen LogP contribution in [0.25, 0.3) is 0 Å². The van der Waals surface area contributed by atoms with Gasteiger partial charge in [-0.25, -0.2) is 0 Å². The number of carbonyl (C=O) groups is 1. The number of thiol groups is 1. The second kappa shape index (κ2) is 4.68. The molecule has 0 aliphatic heterocycles. The van der Waals surface area contributed by atoms with Crippen molar-refractivity contribution in [2.24, 2.45) is 0 Å². The molecular weight excluding hydrogens is 204 g/mol. The molecule has 0 aromatic heterocycles. The van der Waals surface area contributed by atoms with Crippen molar-refractivity contribution in [3.05, 3.63) is 29.3 Å². The van der Waals surface area contributed by atoms with E-state index in [1.807, 2.05) is 18.2 Å². The van der Waals surface area contributed by atoms with Gasteiger partial charge in [0.1, 0.15) is 5.78 Å². The first-order chi connectivity index (χ1) is 6.11. The van der Waals surface area contributed by atoms with E-state index in [-0.39, 0.29) is 5.78 Å². The molecule has 0 amide bonds. The summed E-state index contributed by atoms with van der Waals surface area (Å²) in [5.41, 5.74) is 1.99. The Labute approximate surface area is 88.5 Å². The van der Waals surface area contributed by atoms with Crippen LogP contribution in [0.1, 0.15) is 18.1 Å². The van der Waals surface area contributed by atoms with Crippen molar-refractivity contribution < 1.29 is 4.79 Å². The molecule has 70 valence electrons. The molecular formula is C10H11ClOS. The van der Waals surface area contributed by atoms with Crippen LogP contribution in [0, 0.1) is 0 Å². The standard InChI is InChI=1S/C10H11ClOS/c1-7(12)2-8-3-9(6-11)5-10(13)4-8/h3-5,13H,2,6H2,1H3. The van der Waals surface area contributed by atoms with Crippen molar-refractivity contribution >= 4 is 30.0 Å². The van der Waals surface area contributed by atoms with E-state index >= 15 is 0 Å². The van der Waals surface area contributed by atoms with E-state index < -0.39 is 0 Å². The number of alkyl halides is 1. The zero-order valence-electron chi connectivity index (χ0n) is 7.38. The molecule has 3 heteroatoms. The van der Waals surface area contributed by atoms with Crippen molar-refractivity contribution in [2.45, 2.75) is 24.1 Å². The largest absolute Gasteiger partial charge is 0.300 e. The third kappa shape index (κ3) is 3.41. The smallest absolute Gasteiger partial charge is 0.134 e. The summed E-state index contributed by atoms with van der Waals surface area (Å²) in [6.07, 6.45) is 0.457. The normalized spacial score (nSPS) is 10.1. The number of carbonyl (C=O) groups excluding carboxylic acids is 1. The summed E-state index contributed by atoms with van der Waals surface area (Å²) in [6.45, 7) is 1.57. The van der Waals surface area contributed by atoms with Crippen LogP contribution in [-0.4, -0.2) is 5.78 Å². The number of ketones is 1. The predicted molar refractivity (Wildman–Crippen MR) is 57.6 cm³/mol. The summed E-state index contributed by atoms with van der Waals surface area (Å²) in [6, 6.07) is 5.73. The quantitative estimate of drug-likeness (QED) is 0.605. The highest BCUT2D eigenvalue weighted by molar-refractivity contribution is 7.80. The monoisotopic (exact) mass is 214 g/mol. The molecule has 0 aliphatic carbocycles. The highest BCUT2D eigenvalue weighted by Crippen LogP contribution is 2.15. The van der Waals surface area contributed by atoms with Crippen LogP contribution in [0.2, 0.25) is 0 Å². The second-order valence-corrected chi connectivity index (χ2v) is 3.80. The average Bonchev–Trinajstić information content (AvgIpc) is 2.01. The minimum atomic E-state index is 0.152. The van der Waals surface area contributed by atoms with Crippen LogP contribution in [0.5, 0.6) is 0 Å². The molecule has 0 saturated carbocycles. The van der Waals surface area contributed by atoms with Crippen LogP contribution in [0.4, 0.5) is 0 Å². The molecule has 0 N–H and O–H groups in total. The lowest BCUT2D eigenvalue weighted by Gasteiger charge is -2.02. The molecule has 1 aromatic carbocycles. The zero-order chi connectivity index (χ0) is 9.84. The Morgan fingerprint density at radius 3 is 2.54 bits per heavy atom. The van der Waals surface area contributed by atoms with Gasteiger partial charge in [-0.15, -0.1) is 24.2 Å². The number of benzene rings is 1. The van der Waals surface area contributed by atoms with Gasteiger partial charge in [-0.05, 0) is 30.2 Å². The number of Topliss-reactive ketones (excluding diaryl/α,β-unsaturated/α-hetero) is 1. The maximum atomic E-state index is 10.9. The number of hydrogen-bond donors (Lipinski definition) is 1. The van der Waals surface area contributed by atoms with Crippen LogP contribution in [0.3, 0.4) is 0 Å². The van der Waals surface area contributed by atoms with Gasteiger partial charge < -0.3 is 0 Å². The maximum absolute atomic E-state index is 10.9. The Balaban J connectivity index is 2.94. The Morgan fingerprint density at radius 2 is 2.00 bits per heavy atom. The first-order valence-corrected chi connectivity index (χ1v) is 4.97. The lowest BCUT2D eigenvalue weighted by atomic mass is 10.1. The molecule has 1 rings (SSSR count). The minimum Gasteiger partial charge on any atom is -0.300 e. The van der Waals surface area contributed by atoms with Crippen molar-refractivity contribution in [2.75, 3.05) is 0 Å². The molecule has 0 fully saturated rings. The molecule has 13 heavy (non-hydrogen) atoms. The molecule has 1 nitrogen and oxygen atoms in total. The average molecular weight is 215 g/mol. The van der Waals surface area contributed by atoms with Gasteiger partial charge in [0.15, 0.2) is 0 Å². The van der Waals surface area contributed by atoms with Crippen LogP contribution in [-0.2, 0) is 17.1 Å². The summed E-state index contributed by atoms with van der Waals surface area (Å²) in [5, 5.41) is 0. The van der Waals surface area contributed by atoms with E-state index in [0.29, 0.717) is 12.3 Å². The third-order valence-corrected chi connectivity index (χ3v) is 2.21. The summed E-state index contributed by atoms with van der Waals surface area (Å²) in [7, 11) is 0. The Kier molecular flexibility index (Phi) is 3.82. The van der Waals surface area contributed by atoms with Gasteiger partial charge >= 0.3 is 0 Å². The van der Waals surface area contributed by atoms with Gasteiger partial charge in [0.25, 0.3) is 0 Å². The first-order valence-electron chi connectivity index (χ1n) is 3.99. The fraction of sp³-hybridized carbons (Fsp3) is 0.300. The third-order valence-electron chi connectivity index (χ3n) is 1.64. The number of rotatable bonds is 3. The highest BCUT2D eigenvalue weighted by Gasteiger charge is 2.00. The van der Waals surface area contributed by atoms with E-state index in [9.17, 15) is 4.79 Å². The maximum Gasteiger partial charge on any atom is 0.134 e. The lowest BCUT2D eigenvalue weighted by Crippen LogP contribution is -1.97. The van der Waals surface area contributed by atoms with E-state index in [2.05, 4.69) is 12.6 Å². The highest BCUT2D eigenvalue weighted by atomic mass is 35.5. The van der Waals surface area contributed by atoms with Crippen molar-refractivity contribution in [1.29, 1.82) is 0 Å². The Bertz CT molecular complexity index is 323. The molecule has 0 heterocycles. The van der Waals surface area contributed by atoms with E-state index in [0.717, 1.165) is 16.0 Å². The van der Waals surface area contributed by atoms with Gasteiger partial charge in [-0.1, -0.05) is 6.07 Å². The molecule has 0 atom stereocenters. The van der Waals surface area contributed by atoms with Crippen LogP contribution in [0.15, 0.2) is 23.1 Å². The number of hydrogen-bond acceptors (Lipinski definition) is 2. The van der Waals surface area contributed by atoms with Gasteiger partial charge in [0.05, 0.1) is 0 Å². The summed E-state index contributed by atoms with van der Waals surface area (Å²) < 4.78 is 0. The van der Waals surface area contributed by atoms with Gasteiger partial charge in [0, 0.05) is 17.2 Å². The fourth-order valence-electron chi connectivity index (χ4n) is 1.21. The molecule has 0 unspecified atom stereocenters. The molecule has 0 bridgehead atoms. The molecule has 0 aliphatic rings. The van der Waals surface area contributed by atoms with Crippen molar-refractivity contribution in [1.82, 2.24) is 0 Å². The molecule has 0 saturated heterocycles. The zero-order valence-corrected chi connectivity index (χ0v) is 9.03. The Hall–Kier alpha value is -0.470. The van der Waals surface area contributed by atoms with Crippen molar-refractivity contribution in [3.8, 4) is 0 Å². The molecule has 1 aromatic rings. The minimum absolute atomic E-state index is 0.152. The van der Waals surface area contributed by atoms with E-state index in [1.54, 1.807) is 6.92 Å². The lowest BCUT2D eigenvalue weighted by molar-refractivity contribution is -0.116. The van der Waals surface area contributed by atoms with Gasteiger partial charge in [-0.3, -0.25) is 4.79 Å². The van der Waals surface area contributed by atoms with E-state index in [4.69, 9.17) is 11.6 Å². The molecule has 0 spiro atoms. The van der Waals surface area contributed by atoms with Crippen molar-refractivity contribution in [3.63, 3.8) is 0 Å². The van der Waals surface area contributed by atoms with E-state index in [1.165, 1.54) is 0 Å². The first kappa shape index (κ1) is 10.6. The van der Waals surface area contributed by atoms with Gasteiger partial charge in [0.2, 0.25) is 0 Å². The predicted octanol–water partition coefficient (Wildman–Crippen LogP) is 2.85.